The maximum atomic E-state index is 14.7. The summed E-state index contributed by atoms with van der Waals surface area (Å²) in [5.41, 5.74) is 1.85. The number of nitrogens with zero attached hydrogens (tertiary/aromatic N) is 1. The van der Waals surface area contributed by atoms with Crippen LogP contribution < -0.4 is 0 Å². The van der Waals surface area contributed by atoms with E-state index in [1.165, 1.54) is 12.1 Å². The van der Waals surface area contributed by atoms with Crippen molar-refractivity contribution >= 4 is 20.0 Å². The summed E-state index contributed by atoms with van der Waals surface area (Å²) in [4.78, 5) is 25.5. The first kappa shape index (κ1) is 44.6. The molecule has 1 spiro atoms. The molecule has 0 saturated carbocycles. The Bertz CT molecular complexity index is 1780. The number of nitro benzene ring substituents is 1. The van der Waals surface area contributed by atoms with Gasteiger partial charge in [0.1, 0.15) is 23.7 Å². The lowest BCUT2D eigenvalue weighted by Crippen LogP contribution is -2.60. The molecule has 0 aromatic heterocycles. The van der Waals surface area contributed by atoms with Crippen LogP contribution in [-0.2, 0) is 39.3 Å². The van der Waals surface area contributed by atoms with Crippen molar-refractivity contribution in [3.63, 3.8) is 0 Å². The van der Waals surface area contributed by atoms with Gasteiger partial charge in [-0.15, -0.1) is 0 Å². The van der Waals surface area contributed by atoms with Gasteiger partial charge >= 0.3 is 5.97 Å². The fourth-order valence-electron chi connectivity index (χ4n) is 9.16. The lowest BCUT2D eigenvalue weighted by Gasteiger charge is -2.50. The van der Waals surface area contributed by atoms with E-state index in [4.69, 9.17) is 28.1 Å². The van der Waals surface area contributed by atoms with Crippen LogP contribution in [0.15, 0.2) is 71.4 Å². The van der Waals surface area contributed by atoms with Gasteiger partial charge in [-0.2, -0.15) is 0 Å². The van der Waals surface area contributed by atoms with Crippen LogP contribution in [0.3, 0.4) is 0 Å². The topological polar surface area (TPSA) is 136 Å². The lowest BCUT2D eigenvalue weighted by molar-refractivity contribution is -0.384. The SMILES string of the molecule is CC[C@H]1O[C@]2(CC[C@@H]1C)C[C@@H]1C[C@@H](CC(OCCc3ccc([N+](=O)[O-])cc3)/C(C)=C\[C@@H](C)/C=C/C=C3\CO[C@@H]4[C@H](O[Si](C)(C)C(C)(C)C)C(C)=C[C@@H](C(=O)O1)[C@]34O)O2. The van der Waals surface area contributed by atoms with Crippen LogP contribution in [0.2, 0.25) is 18.1 Å². The Kier molecular flexibility index (Phi) is 13.5. The third-order valence-corrected chi connectivity index (χ3v) is 18.1. The molecule has 3 saturated heterocycles. The molecule has 5 aliphatic rings. The van der Waals surface area contributed by atoms with E-state index in [-0.39, 0.29) is 41.6 Å². The van der Waals surface area contributed by atoms with Gasteiger partial charge in [-0.05, 0) is 85.4 Å². The van der Waals surface area contributed by atoms with E-state index in [0.29, 0.717) is 50.2 Å². The molecular weight excluding hydrogens is 755 g/mol. The molecule has 2 bridgehead atoms. The van der Waals surface area contributed by atoms with Crippen molar-refractivity contribution in [3.8, 4) is 0 Å². The number of nitro groups is 1. The number of rotatable bonds is 8. The Hall–Kier alpha value is -2.97. The summed E-state index contributed by atoms with van der Waals surface area (Å²) in [6.07, 6.45) is 11.9. The monoisotopic (exact) mass is 821 g/mol. The number of fused-ring (bicyclic) bond motifs is 2. The standard InChI is InChI=1S/C46H67NO10Si/c1-11-39-30(3)19-21-45(56-39)27-37-25-36(55-45)26-40(52-22-20-33-15-17-35(18-16-33)47(50)51)31(4)23-29(2)13-12-14-34-28-53-42-41(57-58(9,10)44(6,7)8)32(5)24-38(43(48)54-37)46(34,42)49/h12-18,23-24,29-30,36-42,49H,11,19-22,25-28H2,1-10H3/b13-12+,31-23-,34-14+/t29-,30-,36-,37-,38-,39+,40?,41+,42+,45+,46+/m0/s1. The van der Waals surface area contributed by atoms with Crippen LogP contribution in [-0.4, -0.2) is 85.5 Å². The quantitative estimate of drug-likeness (QED) is 0.0890. The maximum absolute atomic E-state index is 14.7. The minimum Gasteiger partial charge on any atom is -0.462 e. The van der Waals surface area contributed by atoms with Crippen molar-refractivity contribution in [2.45, 2.75) is 166 Å². The number of carbonyl (C=O) groups excluding carboxylic acids is 1. The zero-order valence-corrected chi connectivity index (χ0v) is 37.3. The molecular formula is C46H67NO10Si. The van der Waals surface area contributed by atoms with Crippen molar-refractivity contribution in [2.75, 3.05) is 13.2 Å². The van der Waals surface area contributed by atoms with Gasteiger partial charge in [-0.1, -0.05) is 84.1 Å². The average Bonchev–Trinajstić information content (AvgIpc) is 3.48. The molecule has 1 aromatic carbocycles. The number of non-ortho nitro benzene ring substituents is 1. The number of aliphatic hydroxyl groups is 1. The Morgan fingerprint density at radius 3 is 2.43 bits per heavy atom. The molecule has 1 aliphatic carbocycles. The largest absolute Gasteiger partial charge is 0.462 e. The molecule has 1 unspecified atom stereocenters. The van der Waals surface area contributed by atoms with Gasteiger partial charge in [-0.3, -0.25) is 14.9 Å². The smallest absolute Gasteiger partial charge is 0.316 e. The molecule has 11 nitrogen and oxygen atoms in total. The van der Waals surface area contributed by atoms with Crippen LogP contribution in [0.4, 0.5) is 5.69 Å². The van der Waals surface area contributed by atoms with Crippen LogP contribution >= 0.6 is 0 Å². The molecule has 1 N–H and O–H groups in total. The van der Waals surface area contributed by atoms with E-state index in [1.807, 2.05) is 25.2 Å². The first-order valence-electron chi connectivity index (χ1n) is 21.4. The van der Waals surface area contributed by atoms with Gasteiger partial charge in [0, 0.05) is 37.8 Å². The number of allylic oxidation sites excluding steroid dienone is 4. The van der Waals surface area contributed by atoms with E-state index in [9.17, 15) is 20.0 Å². The highest BCUT2D eigenvalue weighted by molar-refractivity contribution is 6.74. The number of ether oxygens (including phenoxy) is 5. The normalized spacial score (nSPS) is 38.4. The molecule has 4 heterocycles. The number of carbonyl (C=O) groups is 1. The molecule has 6 rings (SSSR count). The van der Waals surface area contributed by atoms with Crippen molar-refractivity contribution in [1.29, 1.82) is 0 Å². The molecule has 0 radical (unpaired) electrons. The number of hydrogen-bond donors (Lipinski definition) is 1. The van der Waals surface area contributed by atoms with Crippen molar-refractivity contribution in [3.05, 3.63) is 87.0 Å². The van der Waals surface area contributed by atoms with Crippen LogP contribution in [0.1, 0.15) is 99.5 Å². The highest BCUT2D eigenvalue weighted by atomic mass is 28.4. The van der Waals surface area contributed by atoms with Crippen LogP contribution in [0.25, 0.3) is 0 Å². The van der Waals surface area contributed by atoms with Crippen molar-refractivity contribution < 1.29 is 42.9 Å². The van der Waals surface area contributed by atoms with E-state index >= 15 is 0 Å². The zero-order valence-electron chi connectivity index (χ0n) is 36.3. The van der Waals surface area contributed by atoms with E-state index in [0.717, 1.165) is 29.6 Å². The molecule has 0 amide bonds. The predicted molar refractivity (Wildman–Crippen MR) is 226 cm³/mol. The fraction of sp³-hybridized carbons (Fsp3) is 0.674. The lowest BCUT2D eigenvalue weighted by atomic mass is 9.71. The Labute approximate surface area is 346 Å². The fourth-order valence-corrected chi connectivity index (χ4v) is 10.5. The van der Waals surface area contributed by atoms with E-state index in [2.05, 4.69) is 73.7 Å². The Balaban J connectivity index is 1.35. The zero-order chi connectivity index (χ0) is 42.2. The maximum Gasteiger partial charge on any atom is 0.316 e. The summed E-state index contributed by atoms with van der Waals surface area (Å²) in [7, 11) is -2.31. The second kappa shape index (κ2) is 17.6. The summed E-state index contributed by atoms with van der Waals surface area (Å²) < 4.78 is 40.4. The Morgan fingerprint density at radius 2 is 1.76 bits per heavy atom. The number of esters is 1. The summed E-state index contributed by atoms with van der Waals surface area (Å²) in [5.74, 6) is -2.04. The van der Waals surface area contributed by atoms with Crippen molar-refractivity contribution in [2.24, 2.45) is 17.8 Å². The minimum atomic E-state index is -2.31. The second-order valence-corrected chi connectivity index (χ2v) is 23.8. The van der Waals surface area contributed by atoms with Gasteiger partial charge in [0.05, 0.1) is 42.6 Å². The minimum absolute atomic E-state index is 0.0104. The molecule has 12 heteroatoms. The van der Waals surface area contributed by atoms with E-state index < -0.39 is 54.8 Å². The summed E-state index contributed by atoms with van der Waals surface area (Å²) in [5, 5.41) is 24.0. The second-order valence-electron chi connectivity index (χ2n) is 19.1. The number of benzene rings is 1. The highest BCUT2D eigenvalue weighted by Gasteiger charge is 2.61. The Morgan fingerprint density at radius 1 is 1.03 bits per heavy atom. The predicted octanol–water partition coefficient (Wildman–Crippen LogP) is 9.10. The third kappa shape index (κ3) is 9.48. The highest BCUT2D eigenvalue weighted by Crippen LogP contribution is 2.50. The van der Waals surface area contributed by atoms with Gasteiger partial charge in [-0.25, -0.2) is 0 Å². The van der Waals surface area contributed by atoms with Gasteiger partial charge in [0.25, 0.3) is 5.69 Å². The summed E-state index contributed by atoms with van der Waals surface area (Å²) >= 11 is 0. The molecule has 4 aliphatic heterocycles. The molecule has 320 valence electrons. The molecule has 3 fully saturated rings. The van der Waals surface area contributed by atoms with Gasteiger partial charge < -0.3 is 33.2 Å². The first-order chi connectivity index (χ1) is 27.2. The van der Waals surface area contributed by atoms with Gasteiger partial charge in [0.15, 0.2) is 14.1 Å². The van der Waals surface area contributed by atoms with E-state index in [1.54, 1.807) is 12.1 Å². The number of hydrogen-bond acceptors (Lipinski definition) is 10. The van der Waals surface area contributed by atoms with Crippen LogP contribution in [0.5, 0.6) is 0 Å². The summed E-state index contributed by atoms with van der Waals surface area (Å²) in [6.45, 7) is 22.0. The molecule has 1 aromatic rings. The third-order valence-electron chi connectivity index (χ3n) is 13.7. The van der Waals surface area contributed by atoms with Crippen LogP contribution in [0, 0.1) is 27.9 Å². The molecule has 11 atom stereocenters. The first-order valence-corrected chi connectivity index (χ1v) is 24.3. The molecule has 58 heavy (non-hydrogen) atoms. The average molecular weight is 822 g/mol. The summed E-state index contributed by atoms with van der Waals surface area (Å²) in [6, 6.07) is 6.58. The van der Waals surface area contributed by atoms with Crippen molar-refractivity contribution in [1.82, 2.24) is 0 Å². The van der Waals surface area contributed by atoms with Gasteiger partial charge in [0.2, 0.25) is 0 Å².